The van der Waals surface area contributed by atoms with Crippen LogP contribution in [0.3, 0.4) is 0 Å². The van der Waals surface area contributed by atoms with E-state index in [2.05, 4.69) is 30.5 Å². The highest BCUT2D eigenvalue weighted by atomic mass is 32.1. The van der Waals surface area contributed by atoms with Gasteiger partial charge in [-0.05, 0) is 42.3 Å². The third-order valence-corrected chi connectivity index (χ3v) is 6.78. The second-order valence-electron chi connectivity index (χ2n) is 7.83. The molecule has 0 N–H and O–H groups in total. The lowest BCUT2D eigenvalue weighted by molar-refractivity contribution is -0.142. The number of rotatable bonds is 8. The van der Waals surface area contributed by atoms with Gasteiger partial charge < -0.3 is 9.80 Å². The fraction of sp³-hybridized carbons (Fsp3) is 0.500. The number of carbonyl (C=O) groups excluding carboxylic acids is 2. The van der Waals surface area contributed by atoms with Gasteiger partial charge >= 0.3 is 0 Å². The molecule has 0 saturated carbocycles. The zero-order valence-electron chi connectivity index (χ0n) is 17.8. The maximum absolute atomic E-state index is 13.4. The average molecular weight is 413 g/mol. The van der Waals surface area contributed by atoms with Crippen LogP contribution in [-0.2, 0) is 16.0 Å². The maximum Gasteiger partial charge on any atom is 0.226 e. The first kappa shape index (κ1) is 21.6. The molecule has 5 heteroatoms. The van der Waals surface area contributed by atoms with E-state index >= 15 is 0 Å². The Balaban J connectivity index is 1.77. The van der Waals surface area contributed by atoms with E-state index in [4.69, 9.17) is 0 Å². The Labute approximate surface area is 178 Å². The van der Waals surface area contributed by atoms with Crippen LogP contribution < -0.4 is 0 Å². The van der Waals surface area contributed by atoms with E-state index in [1.807, 2.05) is 41.8 Å². The first-order valence-electron chi connectivity index (χ1n) is 10.8. The third-order valence-electron chi connectivity index (χ3n) is 5.78. The minimum atomic E-state index is -0.315. The Morgan fingerprint density at radius 2 is 1.97 bits per heavy atom. The average Bonchev–Trinajstić information content (AvgIpc) is 3.22. The molecule has 1 aliphatic heterocycles. The van der Waals surface area contributed by atoms with E-state index in [-0.39, 0.29) is 30.2 Å². The lowest BCUT2D eigenvalue weighted by Crippen LogP contribution is -2.44. The van der Waals surface area contributed by atoms with Gasteiger partial charge in [-0.3, -0.25) is 9.59 Å². The first-order valence-corrected chi connectivity index (χ1v) is 11.6. The molecule has 29 heavy (non-hydrogen) atoms. The zero-order valence-corrected chi connectivity index (χ0v) is 18.6. The fourth-order valence-corrected chi connectivity index (χ4v) is 5.02. The molecule has 1 aromatic heterocycles. The molecule has 1 aromatic carbocycles. The van der Waals surface area contributed by atoms with Crippen LogP contribution >= 0.6 is 11.3 Å². The summed E-state index contributed by atoms with van der Waals surface area (Å²) in [5, 5.41) is 2.12. The summed E-state index contributed by atoms with van der Waals surface area (Å²) in [5.74, 6) is -0.147. The van der Waals surface area contributed by atoms with Crippen LogP contribution in [0.1, 0.15) is 62.1 Å². The van der Waals surface area contributed by atoms with Crippen LogP contribution in [0.25, 0.3) is 0 Å². The molecule has 0 aliphatic carbocycles. The molecule has 0 fully saturated rings. The SMILES string of the molecule is CCCCN(CC)C(=O)CC(C)C(=O)N1CCc2sccc2C1c1ccccc1. The number of carbonyl (C=O) groups is 2. The Hall–Kier alpha value is -2.14. The summed E-state index contributed by atoms with van der Waals surface area (Å²) in [4.78, 5) is 31.4. The van der Waals surface area contributed by atoms with Crippen molar-refractivity contribution in [1.82, 2.24) is 9.80 Å². The number of nitrogens with zero attached hydrogens (tertiary/aromatic N) is 2. The largest absolute Gasteiger partial charge is 0.343 e. The van der Waals surface area contributed by atoms with Crippen molar-refractivity contribution in [1.29, 1.82) is 0 Å². The van der Waals surface area contributed by atoms with Gasteiger partial charge in [0.05, 0.1) is 6.04 Å². The summed E-state index contributed by atoms with van der Waals surface area (Å²) in [6, 6.07) is 12.3. The van der Waals surface area contributed by atoms with Gasteiger partial charge in [0, 0.05) is 36.9 Å². The lowest BCUT2D eigenvalue weighted by Gasteiger charge is -2.38. The summed E-state index contributed by atoms with van der Waals surface area (Å²) in [7, 11) is 0. The van der Waals surface area contributed by atoms with Crippen molar-refractivity contribution in [2.45, 2.75) is 52.5 Å². The van der Waals surface area contributed by atoms with Gasteiger partial charge in [-0.25, -0.2) is 0 Å². The number of fused-ring (bicyclic) bond motifs is 1. The smallest absolute Gasteiger partial charge is 0.226 e. The van der Waals surface area contributed by atoms with Gasteiger partial charge in [-0.15, -0.1) is 11.3 Å². The Morgan fingerprint density at radius 1 is 1.21 bits per heavy atom. The van der Waals surface area contributed by atoms with Crippen molar-refractivity contribution in [3.63, 3.8) is 0 Å². The van der Waals surface area contributed by atoms with Crippen molar-refractivity contribution in [2.75, 3.05) is 19.6 Å². The minimum absolute atomic E-state index is 0.0568. The number of amides is 2. The van der Waals surface area contributed by atoms with Crippen LogP contribution in [0, 0.1) is 5.92 Å². The quantitative estimate of drug-likeness (QED) is 0.619. The first-order chi connectivity index (χ1) is 14.1. The van der Waals surface area contributed by atoms with E-state index in [1.54, 1.807) is 11.3 Å². The third kappa shape index (κ3) is 4.89. The molecule has 0 bridgehead atoms. The summed E-state index contributed by atoms with van der Waals surface area (Å²) >= 11 is 1.77. The van der Waals surface area contributed by atoms with Crippen molar-refractivity contribution in [3.8, 4) is 0 Å². The molecule has 156 valence electrons. The normalized spacial score (nSPS) is 16.9. The Bertz CT molecular complexity index is 817. The number of hydrogen-bond acceptors (Lipinski definition) is 3. The molecule has 0 radical (unpaired) electrons. The van der Waals surface area contributed by atoms with E-state index in [0.29, 0.717) is 13.1 Å². The summed E-state index contributed by atoms with van der Waals surface area (Å²) in [6.45, 7) is 8.23. The van der Waals surface area contributed by atoms with E-state index in [9.17, 15) is 9.59 Å². The highest BCUT2D eigenvalue weighted by Gasteiger charge is 2.35. The van der Waals surface area contributed by atoms with E-state index in [1.165, 1.54) is 10.4 Å². The topological polar surface area (TPSA) is 40.6 Å². The lowest BCUT2D eigenvalue weighted by atomic mass is 9.91. The van der Waals surface area contributed by atoms with Crippen LogP contribution in [0.2, 0.25) is 0 Å². The van der Waals surface area contributed by atoms with Crippen LogP contribution in [0.5, 0.6) is 0 Å². The number of hydrogen-bond donors (Lipinski definition) is 0. The second-order valence-corrected chi connectivity index (χ2v) is 8.83. The van der Waals surface area contributed by atoms with Crippen LogP contribution in [-0.4, -0.2) is 41.2 Å². The molecule has 3 rings (SSSR count). The molecule has 2 heterocycles. The summed E-state index contributed by atoms with van der Waals surface area (Å²) in [5.41, 5.74) is 2.37. The van der Waals surface area contributed by atoms with Crippen molar-refractivity contribution >= 4 is 23.2 Å². The molecular formula is C24H32N2O2S. The van der Waals surface area contributed by atoms with Crippen LogP contribution in [0.15, 0.2) is 41.8 Å². The van der Waals surface area contributed by atoms with E-state index in [0.717, 1.165) is 31.4 Å². The molecule has 0 saturated heterocycles. The summed E-state index contributed by atoms with van der Waals surface area (Å²) < 4.78 is 0. The van der Waals surface area contributed by atoms with Crippen molar-refractivity contribution in [3.05, 3.63) is 57.8 Å². The molecule has 2 aromatic rings. The fourth-order valence-electron chi connectivity index (χ4n) is 4.12. The van der Waals surface area contributed by atoms with Gasteiger partial charge in [0.15, 0.2) is 0 Å². The molecule has 2 unspecified atom stereocenters. The number of benzene rings is 1. The van der Waals surface area contributed by atoms with Crippen LogP contribution in [0.4, 0.5) is 0 Å². The summed E-state index contributed by atoms with van der Waals surface area (Å²) in [6.07, 6.45) is 3.24. The number of thiophene rings is 1. The molecule has 2 amide bonds. The minimum Gasteiger partial charge on any atom is -0.343 e. The van der Waals surface area contributed by atoms with Gasteiger partial charge in [-0.1, -0.05) is 50.6 Å². The Morgan fingerprint density at radius 3 is 2.66 bits per heavy atom. The van der Waals surface area contributed by atoms with Gasteiger partial charge in [0.1, 0.15) is 0 Å². The van der Waals surface area contributed by atoms with Gasteiger partial charge in [0.2, 0.25) is 11.8 Å². The van der Waals surface area contributed by atoms with Crippen molar-refractivity contribution in [2.24, 2.45) is 5.92 Å². The predicted molar refractivity (Wildman–Crippen MR) is 119 cm³/mol. The van der Waals surface area contributed by atoms with Gasteiger partial charge in [-0.2, -0.15) is 0 Å². The van der Waals surface area contributed by atoms with Gasteiger partial charge in [0.25, 0.3) is 0 Å². The standard InChI is InChI=1S/C24H32N2O2S/c1-4-6-14-25(5-2)22(27)17-18(3)24(28)26-15-12-21-20(13-16-29-21)23(26)19-10-8-7-9-11-19/h7-11,13,16,18,23H,4-6,12,14-15,17H2,1-3H3. The maximum atomic E-state index is 13.4. The molecule has 4 nitrogen and oxygen atoms in total. The van der Waals surface area contributed by atoms with Crippen molar-refractivity contribution < 1.29 is 9.59 Å². The molecular weight excluding hydrogens is 380 g/mol. The Kier molecular flexibility index (Phi) is 7.48. The molecule has 2 atom stereocenters. The number of unbranched alkanes of at least 4 members (excludes halogenated alkanes) is 1. The molecule has 1 aliphatic rings. The zero-order chi connectivity index (χ0) is 20.8. The predicted octanol–water partition coefficient (Wildman–Crippen LogP) is 4.90. The monoisotopic (exact) mass is 412 g/mol. The highest BCUT2D eigenvalue weighted by molar-refractivity contribution is 7.10. The molecule has 0 spiro atoms. The highest BCUT2D eigenvalue weighted by Crippen LogP contribution is 2.38. The van der Waals surface area contributed by atoms with E-state index < -0.39 is 0 Å². The second kappa shape index (κ2) is 10.1.